The molecule has 0 radical (unpaired) electrons. The van der Waals surface area contributed by atoms with E-state index in [2.05, 4.69) is 31.2 Å². The molecule has 27 heavy (non-hydrogen) atoms. The number of rotatable bonds is 5. The van der Waals surface area contributed by atoms with Crippen molar-refractivity contribution in [3.63, 3.8) is 0 Å². The van der Waals surface area contributed by atoms with Crippen molar-refractivity contribution in [2.45, 2.75) is 53.0 Å². The number of carbonyl (C=O) groups is 2. The highest BCUT2D eigenvalue weighted by Gasteiger charge is 2.23. The van der Waals surface area contributed by atoms with Gasteiger partial charge in [-0.15, -0.1) is 0 Å². The molecule has 0 saturated carbocycles. The molecule has 1 heterocycles. The van der Waals surface area contributed by atoms with Gasteiger partial charge < -0.3 is 10.2 Å². The molecule has 2 aromatic rings. The summed E-state index contributed by atoms with van der Waals surface area (Å²) in [7, 11) is 0. The van der Waals surface area contributed by atoms with Crippen LogP contribution in [-0.4, -0.2) is 39.1 Å². The Hall–Kier alpha value is -2.34. The molecule has 0 aliphatic carbocycles. The highest BCUT2D eigenvalue weighted by molar-refractivity contribution is 6.30. The molecule has 2 rings (SSSR count). The fraction of sp³-hybridized carbons (Fsp3) is 0.450. The summed E-state index contributed by atoms with van der Waals surface area (Å²) < 4.78 is 1.68. The molecule has 1 aromatic heterocycles. The minimum Gasteiger partial charge on any atom is -0.331 e. The van der Waals surface area contributed by atoms with Gasteiger partial charge >= 0.3 is 0 Å². The van der Waals surface area contributed by atoms with Crippen molar-refractivity contribution in [1.29, 1.82) is 0 Å². The molecule has 0 spiro atoms. The average molecular weight is 391 g/mol. The minimum absolute atomic E-state index is 0.0103. The topological polar surface area (TPSA) is 67.2 Å². The lowest BCUT2D eigenvalue weighted by molar-refractivity contribution is -0.134. The highest BCUT2D eigenvalue weighted by Crippen LogP contribution is 2.26. The van der Waals surface area contributed by atoms with E-state index in [1.54, 1.807) is 16.8 Å². The highest BCUT2D eigenvalue weighted by atomic mass is 35.5. The Labute approximate surface area is 165 Å². The lowest BCUT2D eigenvalue weighted by Crippen LogP contribution is -2.41. The Morgan fingerprint density at radius 3 is 2.30 bits per heavy atom. The van der Waals surface area contributed by atoms with Gasteiger partial charge in [-0.05, 0) is 38.1 Å². The maximum absolute atomic E-state index is 12.6. The van der Waals surface area contributed by atoms with E-state index < -0.39 is 0 Å². The number of anilines is 1. The van der Waals surface area contributed by atoms with E-state index in [1.807, 2.05) is 32.0 Å². The fourth-order valence-corrected chi connectivity index (χ4v) is 2.74. The fourth-order valence-electron chi connectivity index (χ4n) is 2.61. The molecule has 0 bridgehead atoms. The van der Waals surface area contributed by atoms with Gasteiger partial charge in [0, 0.05) is 29.5 Å². The quantitative estimate of drug-likeness (QED) is 0.838. The molecule has 0 unspecified atom stereocenters. The zero-order valence-electron chi connectivity index (χ0n) is 16.7. The first-order chi connectivity index (χ1) is 12.5. The number of nitrogens with zero attached hydrogens (tertiary/aromatic N) is 3. The summed E-state index contributed by atoms with van der Waals surface area (Å²) in [6.07, 6.45) is 0. The number of aromatic nitrogens is 2. The molecule has 0 saturated heterocycles. The lowest BCUT2D eigenvalue weighted by atomic mass is 9.92. The molecule has 0 fully saturated rings. The molecule has 0 aliphatic rings. The third kappa shape index (κ3) is 5.32. The second kappa shape index (κ2) is 8.13. The Morgan fingerprint density at radius 2 is 1.81 bits per heavy atom. The van der Waals surface area contributed by atoms with Crippen LogP contribution in [0.5, 0.6) is 0 Å². The van der Waals surface area contributed by atoms with Crippen LogP contribution in [0.4, 0.5) is 5.82 Å². The van der Waals surface area contributed by atoms with E-state index in [1.165, 1.54) is 11.8 Å². The van der Waals surface area contributed by atoms with Crippen LogP contribution in [-0.2, 0) is 15.0 Å². The number of nitrogens with one attached hydrogen (secondary N) is 1. The van der Waals surface area contributed by atoms with Gasteiger partial charge in [-0.3, -0.25) is 9.59 Å². The molecule has 0 aliphatic heterocycles. The molecule has 7 heteroatoms. The number of amides is 2. The van der Waals surface area contributed by atoms with Crippen LogP contribution in [0.25, 0.3) is 5.69 Å². The summed E-state index contributed by atoms with van der Waals surface area (Å²) in [4.78, 5) is 25.8. The van der Waals surface area contributed by atoms with Crippen molar-refractivity contribution in [1.82, 2.24) is 14.7 Å². The van der Waals surface area contributed by atoms with Gasteiger partial charge in [-0.2, -0.15) is 5.10 Å². The summed E-state index contributed by atoms with van der Waals surface area (Å²) in [6, 6.07) is 9.04. The first-order valence-electron chi connectivity index (χ1n) is 8.92. The first-order valence-corrected chi connectivity index (χ1v) is 9.30. The minimum atomic E-state index is -0.269. The summed E-state index contributed by atoms with van der Waals surface area (Å²) in [5.74, 6) is 0.149. The molecule has 1 aromatic carbocycles. The number of hydrogen-bond acceptors (Lipinski definition) is 3. The van der Waals surface area contributed by atoms with Gasteiger partial charge in [0.25, 0.3) is 0 Å². The smallest absolute Gasteiger partial charge is 0.245 e. The third-order valence-electron chi connectivity index (χ3n) is 4.16. The second-order valence-corrected chi connectivity index (χ2v) is 8.28. The third-order valence-corrected chi connectivity index (χ3v) is 4.41. The summed E-state index contributed by atoms with van der Waals surface area (Å²) >= 11 is 5.98. The SMILES string of the molecule is CC(=O)N(CC(=O)Nc1cc(C(C)(C)C)nn1-c1ccc(Cl)cc1)C(C)C. The van der Waals surface area contributed by atoms with E-state index in [4.69, 9.17) is 11.6 Å². The van der Waals surface area contributed by atoms with Crippen LogP contribution in [0.15, 0.2) is 30.3 Å². The van der Waals surface area contributed by atoms with Crippen LogP contribution in [0, 0.1) is 0 Å². The van der Waals surface area contributed by atoms with Crippen molar-refractivity contribution in [3.8, 4) is 5.69 Å². The summed E-state index contributed by atoms with van der Waals surface area (Å²) in [6.45, 7) is 11.4. The van der Waals surface area contributed by atoms with Crippen molar-refractivity contribution in [3.05, 3.63) is 41.0 Å². The predicted molar refractivity (Wildman–Crippen MR) is 108 cm³/mol. The Morgan fingerprint density at radius 1 is 1.22 bits per heavy atom. The van der Waals surface area contributed by atoms with Crippen LogP contribution in [0.3, 0.4) is 0 Å². The maximum Gasteiger partial charge on any atom is 0.245 e. The standard InChI is InChI=1S/C20H27ClN4O2/c1-13(2)24(14(3)26)12-19(27)22-18-11-17(20(4,5)6)23-25(18)16-9-7-15(21)8-10-16/h7-11,13H,12H2,1-6H3,(H,22,27). The molecular weight excluding hydrogens is 364 g/mol. The van der Waals surface area contributed by atoms with Crippen LogP contribution >= 0.6 is 11.6 Å². The largest absolute Gasteiger partial charge is 0.331 e. The maximum atomic E-state index is 12.6. The van der Waals surface area contributed by atoms with E-state index >= 15 is 0 Å². The van der Waals surface area contributed by atoms with Crippen molar-refractivity contribution < 1.29 is 9.59 Å². The van der Waals surface area contributed by atoms with E-state index in [0.29, 0.717) is 10.8 Å². The van der Waals surface area contributed by atoms with Gasteiger partial charge in [0.2, 0.25) is 11.8 Å². The Bertz CT molecular complexity index is 819. The van der Waals surface area contributed by atoms with Crippen molar-refractivity contribution in [2.24, 2.45) is 0 Å². The summed E-state index contributed by atoms with van der Waals surface area (Å²) in [5, 5.41) is 8.18. The normalized spacial score (nSPS) is 11.6. The number of benzene rings is 1. The number of carbonyl (C=O) groups excluding carboxylic acids is 2. The van der Waals surface area contributed by atoms with Crippen LogP contribution in [0.1, 0.15) is 47.2 Å². The summed E-state index contributed by atoms with van der Waals surface area (Å²) in [5.41, 5.74) is 1.46. The molecular formula is C20H27ClN4O2. The second-order valence-electron chi connectivity index (χ2n) is 7.84. The molecule has 1 N–H and O–H groups in total. The molecule has 2 amide bonds. The van der Waals surface area contributed by atoms with Gasteiger partial charge in [-0.25, -0.2) is 4.68 Å². The zero-order chi connectivity index (χ0) is 20.4. The van der Waals surface area contributed by atoms with E-state index in [-0.39, 0.29) is 29.8 Å². The lowest BCUT2D eigenvalue weighted by Gasteiger charge is -2.24. The van der Waals surface area contributed by atoms with Gasteiger partial charge in [0.15, 0.2) is 0 Å². The number of halogens is 1. The zero-order valence-corrected chi connectivity index (χ0v) is 17.5. The van der Waals surface area contributed by atoms with Crippen LogP contribution < -0.4 is 5.32 Å². The van der Waals surface area contributed by atoms with Gasteiger partial charge in [0.1, 0.15) is 12.4 Å². The van der Waals surface area contributed by atoms with Gasteiger partial charge in [0.05, 0.1) is 11.4 Å². The molecule has 146 valence electrons. The van der Waals surface area contributed by atoms with Crippen molar-refractivity contribution in [2.75, 3.05) is 11.9 Å². The van der Waals surface area contributed by atoms with Gasteiger partial charge in [-0.1, -0.05) is 32.4 Å². The number of hydrogen-bond donors (Lipinski definition) is 1. The Balaban J connectivity index is 2.34. The van der Waals surface area contributed by atoms with Crippen LogP contribution in [0.2, 0.25) is 5.02 Å². The van der Waals surface area contributed by atoms with E-state index in [9.17, 15) is 9.59 Å². The Kier molecular flexibility index (Phi) is 6.31. The van der Waals surface area contributed by atoms with Crippen molar-refractivity contribution >= 4 is 29.2 Å². The predicted octanol–water partition coefficient (Wildman–Crippen LogP) is 4.02. The first kappa shape index (κ1) is 21.0. The molecule has 0 atom stereocenters. The monoisotopic (exact) mass is 390 g/mol. The molecule has 6 nitrogen and oxygen atoms in total. The van der Waals surface area contributed by atoms with E-state index in [0.717, 1.165) is 11.4 Å². The average Bonchev–Trinajstić information content (AvgIpc) is 2.96.